The Morgan fingerprint density at radius 2 is 2.24 bits per heavy atom. The molecule has 5 nitrogen and oxygen atoms in total. The second kappa shape index (κ2) is 6.20. The fourth-order valence-electron chi connectivity index (χ4n) is 1.51. The predicted octanol–water partition coefficient (Wildman–Crippen LogP) is 0.924. The monoisotopic (exact) mass is 238 g/mol. The van der Waals surface area contributed by atoms with Gasteiger partial charge in [0.1, 0.15) is 5.75 Å². The number of aliphatic hydroxyl groups is 1. The number of pyridine rings is 1. The highest BCUT2D eigenvalue weighted by Crippen LogP contribution is 2.13. The van der Waals surface area contributed by atoms with Crippen LogP contribution < -0.4 is 5.32 Å². The van der Waals surface area contributed by atoms with Crippen molar-refractivity contribution in [1.82, 2.24) is 10.3 Å². The van der Waals surface area contributed by atoms with E-state index in [9.17, 15) is 15.0 Å². The van der Waals surface area contributed by atoms with Crippen LogP contribution >= 0.6 is 0 Å². The Labute approximate surface area is 101 Å². The average molecular weight is 238 g/mol. The molecule has 5 heteroatoms. The molecule has 1 unspecified atom stereocenters. The van der Waals surface area contributed by atoms with Crippen LogP contribution in [0.4, 0.5) is 0 Å². The lowest BCUT2D eigenvalue weighted by Gasteiger charge is -2.14. The van der Waals surface area contributed by atoms with Gasteiger partial charge in [-0.3, -0.25) is 9.78 Å². The van der Waals surface area contributed by atoms with Gasteiger partial charge in [-0.2, -0.15) is 0 Å². The molecule has 1 rings (SSSR count). The molecular formula is C12H18N2O3. The zero-order valence-corrected chi connectivity index (χ0v) is 10.1. The molecule has 0 aliphatic carbocycles. The van der Waals surface area contributed by atoms with Crippen LogP contribution in [0.2, 0.25) is 0 Å². The molecule has 0 bridgehead atoms. The minimum atomic E-state index is -0.567. The molecule has 0 aliphatic heterocycles. The summed E-state index contributed by atoms with van der Waals surface area (Å²) in [7, 11) is 0. The molecule has 0 aliphatic rings. The number of hydrogen-bond donors (Lipinski definition) is 3. The number of carbonyl (C=O) groups excluding carboxylic acids is 1. The smallest absolute Gasteiger partial charge is 0.255 e. The van der Waals surface area contributed by atoms with Crippen LogP contribution in [0.5, 0.6) is 5.75 Å². The Bertz CT molecular complexity index is 380. The summed E-state index contributed by atoms with van der Waals surface area (Å²) in [5, 5.41) is 21.6. The van der Waals surface area contributed by atoms with Gasteiger partial charge in [-0.25, -0.2) is 0 Å². The third-order valence-corrected chi connectivity index (χ3v) is 2.29. The van der Waals surface area contributed by atoms with Crippen molar-refractivity contribution in [3.05, 3.63) is 24.0 Å². The first-order chi connectivity index (χ1) is 8.00. The van der Waals surface area contributed by atoms with Gasteiger partial charge >= 0.3 is 0 Å². The molecule has 0 saturated carbocycles. The molecule has 94 valence electrons. The Hall–Kier alpha value is -1.62. The van der Waals surface area contributed by atoms with E-state index < -0.39 is 12.0 Å². The van der Waals surface area contributed by atoms with Crippen molar-refractivity contribution in [2.75, 3.05) is 6.54 Å². The molecule has 1 heterocycles. The SMILES string of the molecule is CC(C)CC(O)CNC(=O)c1ccncc1O. The quantitative estimate of drug-likeness (QED) is 0.712. The maximum absolute atomic E-state index is 11.6. The fourth-order valence-corrected chi connectivity index (χ4v) is 1.51. The van der Waals surface area contributed by atoms with Gasteiger partial charge in [0.2, 0.25) is 0 Å². The minimum absolute atomic E-state index is 0.164. The number of nitrogens with zero attached hydrogens (tertiary/aromatic N) is 1. The largest absolute Gasteiger partial charge is 0.505 e. The Kier molecular flexibility index (Phi) is 4.90. The van der Waals surface area contributed by atoms with E-state index in [4.69, 9.17) is 0 Å². The van der Waals surface area contributed by atoms with Crippen LogP contribution in [-0.2, 0) is 0 Å². The van der Waals surface area contributed by atoms with Gasteiger partial charge in [0.15, 0.2) is 0 Å². The summed E-state index contributed by atoms with van der Waals surface area (Å²) in [6.45, 7) is 4.18. The van der Waals surface area contributed by atoms with E-state index in [2.05, 4.69) is 10.3 Å². The van der Waals surface area contributed by atoms with Crippen LogP contribution in [0, 0.1) is 5.92 Å². The van der Waals surface area contributed by atoms with Crippen molar-refractivity contribution in [3.8, 4) is 5.75 Å². The molecule has 1 aromatic rings. The topological polar surface area (TPSA) is 82.5 Å². The number of amides is 1. The summed E-state index contributed by atoms with van der Waals surface area (Å²) in [6, 6.07) is 1.43. The summed E-state index contributed by atoms with van der Waals surface area (Å²) < 4.78 is 0. The van der Waals surface area contributed by atoms with Crippen molar-refractivity contribution in [3.63, 3.8) is 0 Å². The first-order valence-electron chi connectivity index (χ1n) is 5.60. The highest BCUT2D eigenvalue weighted by molar-refractivity contribution is 5.96. The van der Waals surface area contributed by atoms with Gasteiger partial charge in [-0.1, -0.05) is 13.8 Å². The van der Waals surface area contributed by atoms with Gasteiger partial charge in [-0.15, -0.1) is 0 Å². The first kappa shape index (κ1) is 13.4. The molecule has 1 aromatic heterocycles. The second-order valence-corrected chi connectivity index (χ2v) is 4.39. The highest BCUT2D eigenvalue weighted by Gasteiger charge is 2.13. The lowest BCUT2D eigenvalue weighted by atomic mass is 10.1. The van der Waals surface area contributed by atoms with Gasteiger partial charge in [0.05, 0.1) is 17.9 Å². The summed E-state index contributed by atoms with van der Waals surface area (Å²) >= 11 is 0. The molecule has 0 aromatic carbocycles. The number of hydrogen-bond acceptors (Lipinski definition) is 4. The summed E-state index contributed by atoms with van der Waals surface area (Å²) in [5.41, 5.74) is 0.164. The Morgan fingerprint density at radius 1 is 1.53 bits per heavy atom. The van der Waals surface area contributed by atoms with Gasteiger partial charge in [0, 0.05) is 12.7 Å². The molecule has 3 N–H and O–H groups in total. The van der Waals surface area contributed by atoms with Crippen LogP contribution in [0.1, 0.15) is 30.6 Å². The predicted molar refractivity (Wildman–Crippen MR) is 63.7 cm³/mol. The van der Waals surface area contributed by atoms with Crippen LogP contribution in [0.15, 0.2) is 18.5 Å². The van der Waals surface area contributed by atoms with Crippen molar-refractivity contribution in [1.29, 1.82) is 0 Å². The van der Waals surface area contributed by atoms with E-state index in [1.807, 2.05) is 13.8 Å². The lowest BCUT2D eigenvalue weighted by molar-refractivity contribution is 0.0897. The maximum atomic E-state index is 11.6. The number of nitrogens with one attached hydrogen (secondary N) is 1. The summed E-state index contributed by atoms with van der Waals surface area (Å²) in [4.78, 5) is 15.3. The van der Waals surface area contributed by atoms with Crippen LogP contribution in [-0.4, -0.2) is 33.8 Å². The molecule has 0 spiro atoms. The average Bonchev–Trinajstić information content (AvgIpc) is 2.25. The van der Waals surface area contributed by atoms with Gasteiger partial charge < -0.3 is 15.5 Å². The number of aliphatic hydroxyl groups excluding tert-OH is 1. The van der Waals surface area contributed by atoms with E-state index >= 15 is 0 Å². The second-order valence-electron chi connectivity index (χ2n) is 4.39. The van der Waals surface area contributed by atoms with Crippen molar-refractivity contribution in [2.24, 2.45) is 5.92 Å². The van der Waals surface area contributed by atoms with Crippen molar-refractivity contribution < 1.29 is 15.0 Å². The lowest BCUT2D eigenvalue weighted by Crippen LogP contribution is -2.32. The fraction of sp³-hybridized carbons (Fsp3) is 0.500. The van der Waals surface area contributed by atoms with Gasteiger partial charge in [-0.05, 0) is 18.4 Å². The number of aromatic hydroxyl groups is 1. The summed E-state index contributed by atoms with van der Waals surface area (Å²) in [5.74, 6) is -0.202. The zero-order valence-electron chi connectivity index (χ0n) is 10.1. The highest BCUT2D eigenvalue weighted by atomic mass is 16.3. The van der Waals surface area contributed by atoms with E-state index in [0.717, 1.165) is 0 Å². The van der Waals surface area contributed by atoms with Gasteiger partial charge in [0.25, 0.3) is 5.91 Å². The minimum Gasteiger partial charge on any atom is -0.505 e. The zero-order chi connectivity index (χ0) is 12.8. The summed E-state index contributed by atoms with van der Waals surface area (Å²) in [6.07, 6.45) is 2.70. The van der Waals surface area contributed by atoms with Crippen molar-refractivity contribution in [2.45, 2.75) is 26.4 Å². The van der Waals surface area contributed by atoms with E-state index in [1.165, 1.54) is 18.5 Å². The third-order valence-electron chi connectivity index (χ3n) is 2.29. The number of rotatable bonds is 5. The first-order valence-corrected chi connectivity index (χ1v) is 5.60. The molecule has 0 fully saturated rings. The van der Waals surface area contributed by atoms with Crippen LogP contribution in [0.25, 0.3) is 0 Å². The molecule has 17 heavy (non-hydrogen) atoms. The Balaban J connectivity index is 2.48. The molecule has 0 radical (unpaired) electrons. The molecule has 1 amide bonds. The molecule has 0 saturated heterocycles. The van der Waals surface area contributed by atoms with E-state index in [1.54, 1.807) is 0 Å². The van der Waals surface area contributed by atoms with E-state index in [-0.39, 0.29) is 17.9 Å². The van der Waals surface area contributed by atoms with Crippen LogP contribution in [0.3, 0.4) is 0 Å². The van der Waals surface area contributed by atoms with E-state index in [0.29, 0.717) is 12.3 Å². The molecule has 1 atom stereocenters. The number of aromatic nitrogens is 1. The molecular weight excluding hydrogens is 220 g/mol. The Morgan fingerprint density at radius 3 is 2.82 bits per heavy atom. The standard InChI is InChI=1S/C12H18N2O3/c1-8(2)5-9(15)6-14-12(17)10-3-4-13-7-11(10)16/h3-4,7-9,15-16H,5-6H2,1-2H3,(H,14,17). The normalized spacial score (nSPS) is 12.5. The van der Waals surface area contributed by atoms with Crippen molar-refractivity contribution >= 4 is 5.91 Å². The third kappa shape index (κ3) is 4.40. The number of carbonyl (C=O) groups is 1. The maximum Gasteiger partial charge on any atom is 0.255 e.